The van der Waals surface area contributed by atoms with E-state index < -0.39 is 78.4 Å². The lowest BCUT2D eigenvalue weighted by Gasteiger charge is -2.46. The Hall–Kier alpha value is -3.86. The molecule has 0 spiro atoms. The van der Waals surface area contributed by atoms with Crippen LogP contribution in [0.15, 0.2) is 48.8 Å². The molecule has 4 unspecified atom stereocenters. The molecule has 0 radical (unpaired) electrons. The number of hydrogen-bond acceptors (Lipinski definition) is 14. The SMILES string of the molecule is CCc1cc2oc(=O)c3c(O)c4cccc(O[C@@H]5OC(C)[C@H](O)[C@H](O)C5O[C@H]5OC(C)[C@H](O)C(OC)[C@H]5O)c4c4oc(=O)c(c1)c2c34. The lowest BCUT2D eigenvalue weighted by Crippen LogP contribution is -2.64. The lowest BCUT2D eigenvalue weighted by atomic mass is 9.96. The quantitative estimate of drug-likeness (QED) is 0.100. The summed E-state index contributed by atoms with van der Waals surface area (Å²) < 4.78 is 40.6. The van der Waals surface area contributed by atoms with Crippen LogP contribution in [0, 0.1) is 0 Å². The third-order valence-corrected chi connectivity index (χ3v) is 9.24. The van der Waals surface area contributed by atoms with Gasteiger partial charge in [-0.3, -0.25) is 0 Å². The van der Waals surface area contributed by atoms with Crippen molar-refractivity contribution in [1.29, 1.82) is 0 Å². The standard InChI is InChI=1S/C33H34O14/c1-5-13-9-15-18-17(10-13)44-31(40)21-20(18)27(46-30(15)39)19-14(24(21)36)7-6-8-16(19)45-33-29(25(37)22(34)11(2)43-33)47-32-26(38)28(41-4)23(35)12(3)42-32/h6-12,22-23,25-26,28-29,32-38H,5H2,1-4H3/t11?,12?,22-,23-,25-,26+,28?,29?,32+,33-/m0/s1. The van der Waals surface area contributed by atoms with Gasteiger partial charge >= 0.3 is 11.3 Å². The van der Waals surface area contributed by atoms with E-state index in [4.69, 9.17) is 32.5 Å². The van der Waals surface area contributed by atoms with Crippen molar-refractivity contribution in [3.05, 3.63) is 56.7 Å². The predicted molar refractivity (Wildman–Crippen MR) is 165 cm³/mol. The summed E-state index contributed by atoms with van der Waals surface area (Å²) in [5, 5.41) is 55.2. The van der Waals surface area contributed by atoms with E-state index in [0.29, 0.717) is 11.8 Å². The first-order chi connectivity index (χ1) is 22.4. The number of aromatic hydroxyl groups is 1. The molecule has 4 heterocycles. The summed E-state index contributed by atoms with van der Waals surface area (Å²) in [6.45, 7) is 4.95. The van der Waals surface area contributed by atoms with Crippen LogP contribution in [0.5, 0.6) is 11.5 Å². The average molecular weight is 655 g/mol. The number of rotatable bonds is 6. The number of hydrogen-bond donors (Lipinski definition) is 5. The molecule has 7 rings (SSSR count). The van der Waals surface area contributed by atoms with Crippen LogP contribution in [0.3, 0.4) is 0 Å². The highest BCUT2D eigenvalue weighted by molar-refractivity contribution is 6.28. The third-order valence-electron chi connectivity index (χ3n) is 9.24. The average Bonchev–Trinajstić information content (AvgIpc) is 3.05. The van der Waals surface area contributed by atoms with Crippen molar-refractivity contribution in [2.24, 2.45) is 0 Å². The van der Waals surface area contributed by atoms with Gasteiger partial charge in [0.25, 0.3) is 0 Å². The molecule has 2 saturated heterocycles. The molecule has 5 N–H and O–H groups in total. The van der Waals surface area contributed by atoms with Gasteiger partial charge in [0.1, 0.15) is 53.0 Å². The molecule has 14 heteroatoms. The van der Waals surface area contributed by atoms with E-state index in [9.17, 15) is 35.1 Å². The second kappa shape index (κ2) is 11.7. The lowest BCUT2D eigenvalue weighted by molar-refractivity contribution is -0.353. The largest absolute Gasteiger partial charge is 0.506 e. The Morgan fingerprint density at radius 2 is 1.49 bits per heavy atom. The zero-order valence-corrected chi connectivity index (χ0v) is 25.8. The topological polar surface area (TPSA) is 208 Å². The number of aliphatic hydroxyl groups is 4. The number of benzene rings is 3. The number of phenolic OH excluding ortho intramolecular Hbond substituents is 1. The van der Waals surface area contributed by atoms with Crippen molar-refractivity contribution in [3.8, 4) is 11.5 Å². The normalized spacial score (nSPS) is 31.7. The Morgan fingerprint density at radius 1 is 0.766 bits per heavy atom. The highest BCUT2D eigenvalue weighted by Gasteiger charge is 2.50. The number of aliphatic hydroxyl groups excluding tert-OH is 4. The second-order valence-electron chi connectivity index (χ2n) is 12.1. The fraction of sp³-hybridized carbons (Fsp3) is 0.455. The number of aryl methyl sites for hydroxylation is 1. The van der Waals surface area contributed by atoms with Crippen LogP contribution in [-0.4, -0.2) is 94.1 Å². The minimum Gasteiger partial charge on any atom is -0.506 e. The molecule has 2 aromatic heterocycles. The first-order valence-corrected chi connectivity index (χ1v) is 15.3. The minimum atomic E-state index is -1.60. The molecule has 10 atom stereocenters. The highest BCUT2D eigenvalue weighted by atomic mass is 16.8. The molecule has 5 aromatic rings. The molecular formula is C33H34O14. The van der Waals surface area contributed by atoms with E-state index in [0.717, 1.165) is 5.56 Å². The maximum atomic E-state index is 13.4. The number of methoxy groups -OCH3 is 1. The minimum absolute atomic E-state index is 0.00979. The van der Waals surface area contributed by atoms with Gasteiger partial charge in [0.2, 0.25) is 6.29 Å². The summed E-state index contributed by atoms with van der Waals surface area (Å²) in [5.74, 6) is -0.419. The Labute approximate surface area is 265 Å². The van der Waals surface area contributed by atoms with E-state index in [-0.39, 0.29) is 43.8 Å². The number of phenols is 1. The van der Waals surface area contributed by atoms with Crippen molar-refractivity contribution < 1.29 is 58.1 Å². The van der Waals surface area contributed by atoms with Crippen LogP contribution in [0.1, 0.15) is 26.3 Å². The van der Waals surface area contributed by atoms with E-state index in [1.54, 1.807) is 19.1 Å². The molecule has 0 saturated carbocycles. The monoisotopic (exact) mass is 654 g/mol. The van der Waals surface area contributed by atoms with Crippen LogP contribution < -0.4 is 16.0 Å². The predicted octanol–water partition coefficient (Wildman–Crippen LogP) is 1.62. The summed E-state index contributed by atoms with van der Waals surface area (Å²) >= 11 is 0. The zero-order valence-electron chi connectivity index (χ0n) is 25.8. The number of fused-ring (bicyclic) bond motifs is 2. The number of ether oxygens (including phenoxy) is 5. The van der Waals surface area contributed by atoms with Crippen molar-refractivity contribution in [3.63, 3.8) is 0 Å². The fourth-order valence-electron chi connectivity index (χ4n) is 6.68. The smallest absolute Gasteiger partial charge is 0.348 e. The summed E-state index contributed by atoms with van der Waals surface area (Å²) in [6, 6.07) is 7.84. The van der Waals surface area contributed by atoms with Gasteiger partial charge < -0.3 is 58.1 Å². The Kier molecular flexibility index (Phi) is 7.88. The first-order valence-electron chi connectivity index (χ1n) is 15.3. The van der Waals surface area contributed by atoms with Gasteiger partial charge in [-0.1, -0.05) is 19.1 Å². The summed E-state index contributed by atoms with van der Waals surface area (Å²) in [4.78, 5) is 26.6. The molecule has 250 valence electrons. The molecule has 0 bridgehead atoms. The molecule has 0 amide bonds. The van der Waals surface area contributed by atoms with Gasteiger partial charge in [-0.25, -0.2) is 9.59 Å². The van der Waals surface area contributed by atoms with Crippen molar-refractivity contribution in [2.45, 2.75) is 88.6 Å². The fourth-order valence-corrected chi connectivity index (χ4v) is 6.68. The Balaban J connectivity index is 1.38. The summed E-state index contributed by atoms with van der Waals surface area (Å²) in [7, 11) is 1.31. The van der Waals surface area contributed by atoms with Crippen molar-refractivity contribution >= 4 is 43.5 Å². The van der Waals surface area contributed by atoms with E-state index in [1.165, 1.54) is 32.2 Å². The highest BCUT2D eigenvalue weighted by Crippen LogP contribution is 2.45. The maximum Gasteiger partial charge on any atom is 0.348 e. The van der Waals surface area contributed by atoms with Crippen LogP contribution in [-0.2, 0) is 25.4 Å². The van der Waals surface area contributed by atoms with Gasteiger partial charge in [0.15, 0.2) is 18.0 Å². The van der Waals surface area contributed by atoms with Crippen molar-refractivity contribution in [1.82, 2.24) is 0 Å². The first kappa shape index (κ1) is 31.7. The molecule has 14 nitrogen and oxygen atoms in total. The summed E-state index contributed by atoms with van der Waals surface area (Å²) in [6.07, 6.45) is -12.4. The maximum absolute atomic E-state index is 13.4. The molecule has 2 aliphatic rings. The van der Waals surface area contributed by atoms with E-state index in [2.05, 4.69) is 0 Å². The zero-order chi connectivity index (χ0) is 33.5. The molecule has 3 aromatic carbocycles. The van der Waals surface area contributed by atoms with Gasteiger partial charge in [-0.2, -0.15) is 0 Å². The Morgan fingerprint density at radius 3 is 2.21 bits per heavy atom. The van der Waals surface area contributed by atoms with Crippen molar-refractivity contribution in [2.75, 3.05) is 7.11 Å². The molecular weight excluding hydrogens is 620 g/mol. The third kappa shape index (κ3) is 4.86. The van der Waals surface area contributed by atoms with Crippen LogP contribution in [0.2, 0.25) is 0 Å². The van der Waals surface area contributed by atoms with Gasteiger partial charge in [-0.05, 0) is 44.0 Å². The molecule has 2 aliphatic heterocycles. The van der Waals surface area contributed by atoms with Crippen LogP contribution in [0.4, 0.5) is 0 Å². The Bertz CT molecular complexity index is 2090. The van der Waals surface area contributed by atoms with E-state index >= 15 is 0 Å². The molecule has 47 heavy (non-hydrogen) atoms. The van der Waals surface area contributed by atoms with Gasteiger partial charge in [0, 0.05) is 23.3 Å². The molecule has 2 fully saturated rings. The van der Waals surface area contributed by atoms with Gasteiger partial charge in [-0.15, -0.1) is 0 Å². The van der Waals surface area contributed by atoms with Crippen LogP contribution in [0.25, 0.3) is 43.5 Å². The van der Waals surface area contributed by atoms with Gasteiger partial charge in [0.05, 0.1) is 23.0 Å². The van der Waals surface area contributed by atoms with Crippen LogP contribution >= 0.6 is 0 Å². The summed E-state index contributed by atoms with van der Waals surface area (Å²) in [5.41, 5.74) is -0.688. The molecule has 0 aliphatic carbocycles. The van der Waals surface area contributed by atoms with E-state index in [1.807, 2.05) is 6.92 Å². The second-order valence-corrected chi connectivity index (χ2v) is 12.1.